The molecule has 0 amide bonds. The lowest BCUT2D eigenvalue weighted by molar-refractivity contribution is 0.373. The smallest absolute Gasteiger partial charge is 0.226 e. The topological polar surface area (TPSA) is 78.1 Å². The zero-order valence-electron chi connectivity index (χ0n) is 9.22. The van der Waals surface area contributed by atoms with Gasteiger partial charge in [0.15, 0.2) is 0 Å². The van der Waals surface area contributed by atoms with Crippen LogP contribution >= 0.6 is 0 Å². The molecular formula is C11H15N3O2. The molecule has 2 aromatic heterocycles. The molecule has 0 saturated heterocycles. The number of rotatable bonds is 5. The number of hydrogen-bond acceptors (Lipinski definition) is 5. The van der Waals surface area contributed by atoms with Crippen molar-refractivity contribution < 1.29 is 8.94 Å². The van der Waals surface area contributed by atoms with Crippen molar-refractivity contribution in [3.8, 4) is 11.4 Å². The SMILES string of the molecule is CC(N)CCCc1nc(-c2ccoc2)no1. The predicted molar refractivity (Wildman–Crippen MR) is 58.6 cm³/mol. The number of hydrogen-bond donors (Lipinski definition) is 1. The second kappa shape index (κ2) is 4.94. The standard InChI is InChI=1S/C11H15N3O2/c1-8(12)3-2-4-10-13-11(14-16-10)9-5-6-15-7-9/h5-8H,2-4,12H2,1H3. The quantitative estimate of drug-likeness (QED) is 0.835. The molecule has 16 heavy (non-hydrogen) atoms. The molecule has 2 heterocycles. The third kappa shape index (κ3) is 2.70. The van der Waals surface area contributed by atoms with Crippen LogP contribution in [0.2, 0.25) is 0 Å². The highest BCUT2D eigenvalue weighted by Gasteiger charge is 2.09. The van der Waals surface area contributed by atoms with Crippen LogP contribution in [0, 0.1) is 0 Å². The van der Waals surface area contributed by atoms with Crippen LogP contribution in [0.25, 0.3) is 11.4 Å². The van der Waals surface area contributed by atoms with Crippen LogP contribution in [0.5, 0.6) is 0 Å². The third-order valence-corrected chi connectivity index (χ3v) is 2.30. The van der Waals surface area contributed by atoms with Gasteiger partial charge in [0.05, 0.1) is 11.8 Å². The van der Waals surface area contributed by atoms with E-state index in [2.05, 4.69) is 10.1 Å². The summed E-state index contributed by atoms with van der Waals surface area (Å²) >= 11 is 0. The lowest BCUT2D eigenvalue weighted by Crippen LogP contribution is -2.14. The highest BCUT2D eigenvalue weighted by atomic mass is 16.5. The van der Waals surface area contributed by atoms with E-state index in [1.54, 1.807) is 18.6 Å². The average Bonchev–Trinajstić information content (AvgIpc) is 2.85. The zero-order valence-corrected chi connectivity index (χ0v) is 9.22. The first kappa shape index (κ1) is 10.9. The fourth-order valence-electron chi connectivity index (χ4n) is 1.44. The van der Waals surface area contributed by atoms with Gasteiger partial charge in [0, 0.05) is 12.5 Å². The molecule has 0 spiro atoms. The Bertz CT molecular complexity index is 420. The van der Waals surface area contributed by atoms with Crippen molar-refractivity contribution >= 4 is 0 Å². The molecule has 5 nitrogen and oxygen atoms in total. The van der Waals surface area contributed by atoms with Crippen LogP contribution in [-0.2, 0) is 6.42 Å². The molecule has 0 bridgehead atoms. The van der Waals surface area contributed by atoms with Gasteiger partial charge < -0.3 is 14.7 Å². The first-order chi connectivity index (χ1) is 7.75. The molecule has 0 saturated carbocycles. The molecule has 0 fully saturated rings. The van der Waals surface area contributed by atoms with E-state index in [1.807, 2.05) is 6.92 Å². The number of nitrogens with two attached hydrogens (primary N) is 1. The molecule has 1 unspecified atom stereocenters. The molecule has 0 aliphatic heterocycles. The molecule has 0 aliphatic rings. The molecule has 0 aromatic carbocycles. The van der Waals surface area contributed by atoms with Gasteiger partial charge in [-0.3, -0.25) is 0 Å². The lowest BCUT2D eigenvalue weighted by Gasteiger charge is -2.00. The van der Waals surface area contributed by atoms with Crippen molar-refractivity contribution in [3.63, 3.8) is 0 Å². The molecule has 2 rings (SSSR count). The minimum atomic E-state index is 0.219. The van der Waals surface area contributed by atoms with Crippen molar-refractivity contribution in [3.05, 3.63) is 24.5 Å². The molecule has 0 radical (unpaired) electrons. The Kier molecular flexibility index (Phi) is 3.36. The van der Waals surface area contributed by atoms with Crippen LogP contribution in [0.1, 0.15) is 25.7 Å². The maximum Gasteiger partial charge on any atom is 0.226 e. The van der Waals surface area contributed by atoms with E-state index in [0.717, 1.165) is 24.8 Å². The fourth-order valence-corrected chi connectivity index (χ4v) is 1.44. The second-order valence-electron chi connectivity index (χ2n) is 3.89. The number of furan rings is 1. The lowest BCUT2D eigenvalue weighted by atomic mass is 10.1. The largest absolute Gasteiger partial charge is 0.472 e. The van der Waals surface area contributed by atoms with Gasteiger partial charge in [0.25, 0.3) is 0 Å². The molecule has 2 aromatic rings. The first-order valence-corrected chi connectivity index (χ1v) is 5.36. The van der Waals surface area contributed by atoms with Crippen molar-refractivity contribution in [1.82, 2.24) is 10.1 Å². The molecule has 0 aliphatic carbocycles. The first-order valence-electron chi connectivity index (χ1n) is 5.36. The van der Waals surface area contributed by atoms with E-state index in [1.165, 1.54) is 0 Å². The van der Waals surface area contributed by atoms with Crippen LogP contribution in [0.3, 0.4) is 0 Å². The molecule has 1 atom stereocenters. The number of nitrogens with zero attached hydrogens (tertiary/aromatic N) is 2. The molecular weight excluding hydrogens is 206 g/mol. The monoisotopic (exact) mass is 221 g/mol. The summed E-state index contributed by atoms with van der Waals surface area (Å²) in [7, 11) is 0. The van der Waals surface area contributed by atoms with Crippen molar-refractivity contribution in [2.45, 2.75) is 32.2 Å². The Hall–Kier alpha value is -1.62. The third-order valence-electron chi connectivity index (χ3n) is 2.30. The Balaban J connectivity index is 1.93. The van der Waals surface area contributed by atoms with Gasteiger partial charge in [-0.25, -0.2) is 0 Å². The normalized spacial score (nSPS) is 12.9. The minimum absolute atomic E-state index is 0.219. The van der Waals surface area contributed by atoms with E-state index in [-0.39, 0.29) is 6.04 Å². The second-order valence-corrected chi connectivity index (χ2v) is 3.89. The van der Waals surface area contributed by atoms with E-state index in [4.69, 9.17) is 14.7 Å². The Labute approximate surface area is 93.6 Å². The summed E-state index contributed by atoms with van der Waals surface area (Å²) in [5.41, 5.74) is 6.50. The number of aromatic nitrogens is 2. The van der Waals surface area contributed by atoms with E-state index >= 15 is 0 Å². The Morgan fingerprint density at radius 3 is 3.06 bits per heavy atom. The van der Waals surface area contributed by atoms with Gasteiger partial charge in [-0.1, -0.05) is 5.16 Å². The van der Waals surface area contributed by atoms with Crippen molar-refractivity contribution in [2.24, 2.45) is 5.73 Å². The summed E-state index contributed by atoms with van der Waals surface area (Å²) in [4.78, 5) is 4.27. The minimum Gasteiger partial charge on any atom is -0.472 e. The van der Waals surface area contributed by atoms with Gasteiger partial charge in [0.1, 0.15) is 6.26 Å². The molecule has 86 valence electrons. The average molecular weight is 221 g/mol. The Morgan fingerprint density at radius 2 is 2.38 bits per heavy atom. The maximum absolute atomic E-state index is 5.66. The summed E-state index contributed by atoms with van der Waals surface area (Å²) in [5, 5.41) is 3.88. The van der Waals surface area contributed by atoms with Gasteiger partial charge in [-0.2, -0.15) is 4.98 Å². The summed E-state index contributed by atoms with van der Waals surface area (Å²) in [6.07, 6.45) is 5.87. The van der Waals surface area contributed by atoms with E-state index in [9.17, 15) is 0 Å². The van der Waals surface area contributed by atoms with Gasteiger partial charge >= 0.3 is 0 Å². The summed E-state index contributed by atoms with van der Waals surface area (Å²) in [6, 6.07) is 2.02. The molecule has 2 N–H and O–H groups in total. The number of aryl methyl sites for hydroxylation is 1. The predicted octanol–water partition coefficient (Wildman–Crippen LogP) is 2.00. The van der Waals surface area contributed by atoms with Gasteiger partial charge in [0.2, 0.25) is 11.7 Å². The summed E-state index contributed by atoms with van der Waals surface area (Å²) in [6.45, 7) is 1.99. The van der Waals surface area contributed by atoms with Crippen LogP contribution < -0.4 is 5.73 Å². The fraction of sp³-hybridized carbons (Fsp3) is 0.455. The summed E-state index contributed by atoms with van der Waals surface area (Å²) < 4.78 is 10.1. The highest BCUT2D eigenvalue weighted by molar-refractivity contribution is 5.51. The van der Waals surface area contributed by atoms with E-state index in [0.29, 0.717) is 11.7 Å². The summed E-state index contributed by atoms with van der Waals surface area (Å²) in [5.74, 6) is 1.22. The Morgan fingerprint density at radius 1 is 1.50 bits per heavy atom. The molecule has 5 heteroatoms. The van der Waals surface area contributed by atoms with Crippen molar-refractivity contribution in [2.75, 3.05) is 0 Å². The van der Waals surface area contributed by atoms with Crippen LogP contribution in [-0.4, -0.2) is 16.2 Å². The van der Waals surface area contributed by atoms with Crippen molar-refractivity contribution in [1.29, 1.82) is 0 Å². The zero-order chi connectivity index (χ0) is 11.4. The van der Waals surface area contributed by atoms with Gasteiger partial charge in [-0.15, -0.1) is 0 Å². The van der Waals surface area contributed by atoms with Crippen LogP contribution in [0.15, 0.2) is 27.5 Å². The van der Waals surface area contributed by atoms with Crippen LogP contribution in [0.4, 0.5) is 0 Å². The van der Waals surface area contributed by atoms with E-state index < -0.39 is 0 Å². The highest BCUT2D eigenvalue weighted by Crippen LogP contribution is 2.16. The maximum atomic E-state index is 5.66. The van der Waals surface area contributed by atoms with Gasteiger partial charge in [-0.05, 0) is 25.8 Å².